The summed E-state index contributed by atoms with van der Waals surface area (Å²) in [6.45, 7) is 0. The van der Waals surface area contributed by atoms with Gasteiger partial charge in [-0.15, -0.1) is 0 Å². The second-order valence-electron chi connectivity index (χ2n) is 17.3. The zero-order chi connectivity index (χ0) is 45.0. The van der Waals surface area contributed by atoms with Crippen molar-refractivity contribution in [1.29, 1.82) is 0 Å². The lowest BCUT2D eigenvalue weighted by Crippen LogP contribution is -2.13. The van der Waals surface area contributed by atoms with Crippen LogP contribution in [0.25, 0.3) is 82.5 Å². The molecule has 0 spiro atoms. The van der Waals surface area contributed by atoms with Crippen molar-refractivity contribution < 1.29 is 4.42 Å². The fourth-order valence-electron chi connectivity index (χ4n) is 10.3. The van der Waals surface area contributed by atoms with Crippen LogP contribution in [0.4, 0.5) is 34.1 Å². The van der Waals surface area contributed by atoms with Crippen molar-refractivity contribution in [2.75, 3.05) is 9.80 Å². The van der Waals surface area contributed by atoms with Gasteiger partial charge in [-0.2, -0.15) is 0 Å². The predicted octanol–water partition coefficient (Wildman–Crippen LogP) is 18.1. The van der Waals surface area contributed by atoms with Crippen LogP contribution >= 0.6 is 0 Å². The van der Waals surface area contributed by atoms with Crippen molar-refractivity contribution in [3.63, 3.8) is 0 Å². The van der Waals surface area contributed by atoms with Crippen molar-refractivity contribution in [2.24, 2.45) is 0 Å². The van der Waals surface area contributed by atoms with E-state index in [1.807, 2.05) is 0 Å². The van der Waals surface area contributed by atoms with Crippen LogP contribution in [0.2, 0.25) is 0 Å². The van der Waals surface area contributed by atoms with Crippen molar-refractivity contribution >= 4 is 88.6 Å². The Morgan fingerprint density at radius 1 is 0.324 bits per heavy atom. The van der Waals surface area contributed by atoms with E-state index in [0.29, 0.717) is 0 Å². The van der Waals surface area contributed by atoms with Crippen LogP contribution in [-0.4, -0.2) is 4.57 Å². The fraction of sp³-hybridized carbons (Fsp3) is 0. The third-order valence-electron chi connectivity index (χ3n) is 13.3. The summed E-state index contributed by atoms with van der Waals surface area (Å²) < 4.78 is 9.45. The Balaban J connectivity index is 1.11. The minimum Gasteiger partial charge on any atom is -0.454 e. The Morgan fingerprint density at radius 3 is 1.49 bits per heavy atom. The first-order valence-electron chi connectivity index (χ1n) is 23.2. The number of benzene rings is 11. The van der Waals surface area contributed by atoms with Gasteiger partial charge in [0.05, 0.1) is 11.0 Å². The Hall–Kier alpha value is -9.12. The number of anilines is 6. The molecule has 0 fully saturated rings. The Kier molecular flexibility index (Phi) is 9.47. The molecule has 4 heteroatoms. The van der Waals surface area contributed by atoms with E-state index in [4.69, 9.17) is 4.42 Å². The average Bonchev–Trinajstić information content (AvgIpc) is 3.96. The molecule has 0 unspecified atom stereocenters. The summed E-state index contributed by atoms with van der Waals surface area (Å²) in [4.78, 5) is 4.75. The van der Waals surface area contributed by atoms with E-state index < -0.39 is 0 Å². The number of para-hydroxylation sites is 6. The van der Waals surface area contributed by atoms with Gasteiger partial charge in [-0.25, -0.2) is 0 Å². The van der Waals surface area contributed by atoms with Crippen LogP contribution < -0.4 is 9.80 Å². The lowest BCUT2D eigenvalue weighted by atomic mass is 9.95. The number of rotatable bonds is 9. The molecular formula is C64H43N3O. The first kappa shape index (κ1) is 39.3. The second kappa shape index (κ2) is 16.4. The topological polar surface area (TPSA) is 24.6 Å². The van der Waals surface area contributed by atoms with Crippen molar-refractivity contribution in [3.8, 4) is 27.9 Å². The molecule has 320 valence electrons. The molecule has 0 N–H and O–H groups in total. The maximum atomic E-state index is 7.09. The maximum Gasteiger partial charge on any atom is 0.160 e. The van der Waals surface area contributed by atoms with Gasteiger partial charge in [-0.1, -0.05) is 164 Å². The summed E-state index contributed by atoms with van der Waals surface area (Å²) in [6.07, 6.45) is 0. The highest BCUT2D eigenvalue weighted by Crippen LogP contribution is 2.49. The van der Waals surface area contributed by atoms with Crippen LogP contribution in [0.3, 0.4) is 0 Å². The largest absolute Gasteiger partial charge is 0.454 e. The van der Waals surface area contributed by atoms with E-state index >= 15 is 0 Å². The van der Waals surface area contributed by atoms with Gasteiger partial charge < -0.3 is 18.8 Å². The molecule has 2 aromatic heterocycles. The van der Waals surface area contributed by atoms with E-state index in [0.717, 1.165) is 89.3 Å². The van der Waals surface area contributed by atoms with Gasteiger partial charge in [0.25, 0.3) is 0 Å². The van der Waals surface area contributed by atoms with Gasteiger partial charge in [-0.05, 0) is 130 Å². The smallest absolute Gasteiger partial charge is 0.160 e. The van der Waals surface area contributed by atoms with Gasteiger partial charge in [0.2, 0.25) is 0 Å². The molecule has 0 saturated heterocycles. The predicted molar refractivity (Wildman–Crippen MR) is 286 cm³/mol. The molecule has 13 rings (SSSR count). The molecule has 0 bridgehead atoms. The Morgan fingerprint density at radius 2 is 0.838 bits per heavy atom. The molecule has 68 heavy (non-hydrogen) atoms. The van der Waals surface area contributed by atoms with Crippen LogP contribution in [0.15, 0.2) is 265 Å². The van der Waals surface area contributed by atoms with Crippen LogP contribution in [0.5, 0.6) is 0 Å². The van der Waals surface area contributed by atoms with E-state index in [1.165, 1.54) is 27.3 Å². The van der Waals surface area contributed by atoms with Gasteiger partial charge >= 0.3 is 0 Å². The number of aromatic nitrogens is 1. The zero-order valence-electron chi connectivity index (χ0n) is 37.1. The fourth-order valence-corrected chi connectivity index (χ4v) is 10.3. The standard InChI is InChI=1S/C64H43N3O/c1-5-22-47(23-6-1)65(48-24-7-2-8-25-48)52-40-46(41-53(42-52)66(49-26-9-3-10-27-49)51-38-36-45(37-39-51)55-33-19-21-44-20-13-14-30-54(44)55)58-43-59-56-31-15-17-34-60(56)67(50-28-11-4-12-29-50)63(59)64-62(58)57-32-16-18-35-61(57)68-64/h1-43H. The molecule has 0 atom stereocenters. The number of furan rings is 1. The summed E-state index contributed by atoms with van der Waals surface area (Å²) in [5.74, 6) is 0. The third-order valence-corrected chi connectivity index (χ3v) is 13.3. The van der Waals surface area contributed by atoms with E-state index in [-0.39, 0.29) is 0 Å². The van der Waals surface area contributed by atoms with Crippen LogP contribution in [0, 0.1) is 0 Å². The normalized spacial score (nSPS) is 11.5. The van der Waals surface area contributed by atoms with Crippen molar-refractivity contribution in [1.82, 2.24) is 4.57 Å². The Labute approximate surface area is 394 Å². The number of hydrogen-bond acceptors (Lipinski definition) is 3. The minimum absolute atomic E-state index is 0.852. The highest BCUT2D eigenvalue weighted by Gasteiger charge is 2.25. The quantitative estimate of drug-likeness (QED) is 0.144. The van der Waals surface area contributed by atoms with E-state index in [1.54, 1.807) is 0 Å². The number of nitrogens with zero attached hydrogens (tertiary/aromatic N) is 3. The molecule has 4 nitrogen and oxygen atoms in total. The Bertz CT molecular complexity index is 3910. The van der Waals surface area contributed by atoms with E-state index in [9.17, 15) is 0 Å². The summed E-state index contributed by atoms with van der Waals surface area (Å²) in [5, 5.41) is 6.91. The SMILES string of the molecule is c1ccc(N(c2ccccc2)c2cc(-c3cc4c5ccccc5n(-c5ccccc5)c4c4oc5ccccc5c34)cc(N(c3ccccc3)c3ccc(-c4cccc5ccccc45)cc3)c2)cc1. The molecule has 0 radical (unpaired) electrons. The molecule has 11 aromatic carbocycles. The molecule has 0 amide bonds. The molecule has 0 saturated carbocycles. The maximum absolute atomic E-state index is 7.09. The second-order valence-corrected chi connectivity index (χ2v) is 17.3. The summed E-state index contributed by atoms with van der Waals surface area (Å²) in [5.41, 5.74) is 15.8. The minimum atomic E-state index is 0.852. The molecule has 2 heterocycles. The molecular weight excluding hydrogens is 827 g/mol. The van der Waals surface area contributed by atoms with E-state index in [2.05, 4.69) is 275 Å². The average molecular weight is 870 g/mol. The summed E-state index contributed by atoms with van der Waals surface area (Å²) >= 11 is 0. The van der Waals surface area contributed by atoms with Gasteiger partial charge in [-0.3, -0.25) is 0 Å². The van der Waals surface area contributed by atoms with Crippen molar-refractivity contribution in [2.45, 2.75) is 0 Å². The molecule has 0 aliphatic heterocycles. The molecule has 0 aliphatic carbocycles. The lowest BCUT2D eigenvalue weighted by Gasteiger charge is -2.30. The van der Waals surface area contributed by atoms with Gasteiger partial charge in [0.15, 0.2) is 5.58 Å². The lowest BCUT2D eigenvalue weighted by molar-refractivity contribution is 0.671. The van der Waals surface area contributed by atoms with Gasteiger partial charge in [0, 0.05) is 61.4 Å². The summed E-state index contributed by atoms with van der Waals surface area (Å²) in [6, 6.07) is 93.6. The first-order valence-corrected chi connectivity index (χ1v) is 23.2. The number of fused-ring (bicyclic) bond motifs is 8. The van der Waals surface area contributed by atoms with Crippen LogP contribution in [0.1, 0.15) is 0 Å². The molecule has 13 aromatic rings. The third kappa shape index (κ3) is 6.61. The zero-order valence-corrected chi connectivity index (χ0v) is 37.1. The van der Waals surface area contributed by atoms with Crippen LogP contribution in [-0.2, 0) is 0 Å². The summed E-state index contributed by atoms with van der Waals surface area (Å²) in [7, 11) is 0. The highest BCUT2D eigenvalue weighted by molar-refractivity contribution is 6.26. The molecule has 0 aliphatic rings. The monoisotopic (exact) mass is 869 g/mol. The van der Waals surface area contributed by atoms with Gasteiger partial charge in [0.1, 0.15) is 5.58 Å². The van der Waals surface area contributed by atoms with Crippen molar-refractivity contribution in [3.05, 3.63) is 261 Å². The number of hydrogen-bond donors (Lipinski definition) is 0. The first-order chi connectivity index (χ1) is 33.7. The highest BCUT2D eigenvalue weighted by atomic mass is 16.3.